The van der Waals surface area contributed by atoms with Crippen molar-refractivity contribution in [1.29, 1.82) is 0 Å². The normalized spacial score (nSPS) is 20.6. The van der Waals surface area contributed by atoms with E-state index in [-0.39, 0.29) is 0 Å². The lowest BCUT2D eigenvalue weighted by atomic mass is 10.1. The number of imidazole rings is 1. The largest absolute Gasteiger partial charge is 0.376 e. The van der Waals surface area contributed by atoms with E-state index in [0.29, 0.717) is 18.8 Å². The third-order valence-electron chi connectivity index (χ3n) is 5.90. The van der Waals surface area contributed by atoms with Gasteiger partial charge in [0.2, 0.25) is 0 Å². The first-order valence-corrected chi connectivity index (χ1v) is 11.0. The van der Waals surface area contributed by atoms with Crippen molar-refractivity contribution in [3.8, 4) is 0 Å². The third kappa shape index (κ3) is 5.61. The van der Waals surface area contributed by atoms with Gasteiger partial charge in [0.15, 0.2) is 5.96 Å². The van der Waals surface area contributed by atoms with E-state index in [1.165, 1.54) is 5.56 Å². The minimum Gasteiger partial charge on any atom is -0.376 e. The maximum Gasteiger partial charge on any atom is 0.194 e. The highest BCUT2D eigenvalue weighted by molar-refractivity contribution is 5.79. The van der Waals surface area contributed by atoms with E-state index >= 15 is 0 Å². The molecule has 30 heavy (non-hydrogen) atoms. The number of rotatable bonds is 7. The molecule has 0 radical (unpaired) electrons. The molecule has 2 aliphatic heterocycles. The Morgan fingerprint density at radius 2 is 2.07 bits per heavy atom. The quantitative estimate of drug-likeness (QED) is 0.561. The molecule has 0 saturated carbocycles. The fourth-order valence-electron chi connectivity index (χ4n) is 4.18. The SMILES string of the molecule is CN=C(NCc1nccn1Cc1ccccc1)N1CCC(OCC2CCCO2)CC1. The van der Waals surface area contributed by atoms with E-state index < -0.39 is 0 Å². The molecule has 0 aliphatic carbocycles. The molecule has 1 aromatic carbocycles. The Hall–Kier alpha value is -2.38. The Balaban J connectivity index is 1.23. The maximum atomic E-state index is 6.09. The first-order valence-electron chi connectivity index (χ1n) is 11.0. The minimum absolute atomic E-state index is 0.303. The number of piperidine rings is 1. The van der Waals surface area contributed by atoms with Crippen LogP contribution in [0.15, 0.2) is 47.7 Å². The molecule has 0 bridgehead atoms. The molecule has 162 valence electrons. The van der Waals surface area contributed by atoms with Crippen molar-refractivity contribution < 1.29 is 9.47 Å². The van der Waals surface area contributed by atoms with Gasteiger partial charge in [-0.1, -0.05) is 30.3 Å². The first kappa shape index (κ1) is 20.9. The van der Waals surface area contributed by atoms with Gasteiger partial charge in [0.25, 0.3) is 0 Å². The maximum absolute atomic E-state index is 6.09. The molecule has 1 aromatic heterocycles. The molecule has 1 N–H and O–H groups in total. The van der Waals surface area contributed by atoms with Crippen molar-refractivity contribution in [1.82, 2.24) is 19.8 Å². The van der Waals surface area contributed by atoms with E-state index in [9.17, 15) is 0 Å². The van der Waals surface area contributed by atoms with Gasteiger partial charge in [0.1, 0.15) is 5.82 Å². The van der Waals surface area contributed by atoms with Gasteiger partial charge in [-0.25, -0.2) is 4.98 Å². The van der Waals surface area contributed by atoms with Crippen LogP contribution in [-0.2, 0) is 22.6 Å². The van der Waals surface area contributed by atoms with E-state index in [1.54, 1.807) is 0 Å². The predicted octanol–water partition coefficient (Wildman–Crippen LogP) is 2.67. The second kappa shape index (κ2) is 10.6. The summed E-state index contributed by atoms with van der Waals surface area (Å²) >= 11 is 0. The number of hydrogen-bond acceptors (Lipinski definition) is 4. The van der Waals surface area contributed by atoms with Crippen LogP contribution in [0.1, 0.15) is 37.1 Å². The Bertz CT molecular complexity index is 793. The Morgan fingerprint density at radius 1 is 1.23 bits per heavy atom. The van der Waals surface area contributed by atoms with Crippen molar-refractivity contribution in [2.75, 3.05) is 33.4 Å². The third-order valence-corrected chi connectivity index (χ3v) is 5.90. The second-order valence-electron chi connectivity index (χ2n) is 8.01. The van der Waals surface area contributed by atoms with Gasteiger partial charge < -0.3 is 24.3 Å². The van der Waals surface area contributed by atoms with Crippen LogP contribution in [0.2, 0.25) is 0 Å². The zero-order valence-corrected chi connectivity index (χ0v) is 17.9. The fourth-order valence-corrected chi connectivity index (χ4v) is 4.18. The van der Waals surface area contributed by atoms with Crippen LogP contribution >= 0.6 is 0 Å². The molecule has 2 fully saturated rings. The topological polar surface area (TPSA) is 63.9 Å². The minimum atomic E-state index is 0.303. The van der Waals surface area contributed by atoms with Gasteiger partial charge in [-0.3, -0.25) is 4.99 Å². The Kier molecular flexibility index (Phi) is 7.37. The van der Waals surface area contributed by atoms with Crippen molar-refractivity contribution in [2.24, 2.45) is 4.99 Å². The Labute approximate surface area is 179 Å². The van der Waals surface area contributed by atoms with Crippen molar-refractivity contribution in [3.63, 3.8) is 0 Å². The lowest BCUT2D eigenvalue weighted by Crippen LogP contribution is -2.47. The summed E-state index contributed by atoms with van der Waals surface area (Å²) in [5.74, 6) is 1.94. The highest BCUT2D eigenvalue weighted by atomic mass is 16.5. The van der Waals surface area contributed by atoms with E-state index in [2.05, 4.69) is 49.0 Å². The summed E-state index contributed by atoms with van der Waals surface area (Å²) in [6.07, 6.45) is 8.87. The number of aromatic nitrogens is 2. The van der Waals surface area contributed by atoms with Crippen LogP contribution in [0.25, 0.3) is 0 Å². The van der Waals surface area contributed by atoms with Crippen molar-refractivity contribution >= 4 is 5.96 Å². The number of aliphatic imine (C=N–C) groups is 1. The lowest BCUT2D eigenvalue weighted by Gasteiger charge is -2.34. The molecular weight excluding hydrogens is 378 g/mol. The highest BCUT2D eigenvalue weighted by Crippen LogP contribution is 2.18. The monoisotopic (exact) mass is 411 g/mol. The van der Waals surface area contributed by atoms with Gasteiger partial charge in [-0.05, 0) is 31.2 Å². The summed E-state index contributed by atoms with van der Waals surface area (Å²) in [6, 6.07) is 10.5. The van der Waals surface area contributed by atoms with Crippen LogP contribution in [0.3, 0.4) is 0 Å². The molecule has 7 heteroatoms. The van der Waals surface area contributed by atoms with Crippen LogP contribution in [-0.4, -0.2) is 66.0 Å². The van der Waals surface area contributed by atoms with Crippen molar-refractivity contribution in [3.05, 3.63) is 54.1 Å². The number of nitrogens with one attached hydrogen (secondary N) is 1. The second-order valence-corrected chi connectivity index (χ2v) is 8.01. The standard InChI is InChI=1S/C23H33N5O2/c1-24-23(27-12-9-20(10-13-27)30-18-21-8-5-15-29-21)26-16-22-25-11-14-28(22)17-19-6-3-2-4-7-19/h2-4,6-7,11,14,20-21H,5,8-10,12-13,15-18H2,1H3,(H,24,26). The van der Waals surface area contributed by atoms with Crippen LogP contribution in [0, 0.1) is 0 Å². The molecule has 1 unspecified atom stereocenters. The van der Waals surface area contributed by atoms with Gasteiger partial charge in [0, 0.05) is 45.7 Å². The zero-order valence-electron chi connectivity index (χ0n) is 17.9. The molecule has 2 aliphatic rings. The summed E-state index contributed by atoms with van der Waals surface area (Å²) in [6.45, 7) is 5.01. The number of ether oxygens (including phenoxy) is 2. The van der Waals surface area contributed by atoms with Crippen LogP contribution < -0.4 is 5.32 Å². The highest BCUT2D eigenvalue weighted by Gasteiger charge is 2.24. The summed E-state index contributed by atoms with van der Waals surface area (Å²) in [7, 11) is 1.85. The number of likely N-dealkylation sites (tertiary alicyclic amines) is 1. The molecule has 1 atom stereocenters. The average Bonchev–Trinajstić information content (AvgIpc) is 3.46. The molecule has 0 amide bonds. The van der Waals surface area contributed by atoms with Gasteiger partial charge >= 0.3 is 0 Å². The molecule has 4 rings (SSSR count). The zero-order chi connectivity index (χ0) is 20.6. The van der Waals surface area contributed by atoms with E-state index in [0.717, 1.165) is 70.3 Å². The van der Waals surface area contributed by atoms with Gasteiger partial charge in [-0.15, -0.1) is 0 Å². The molecule has 3 heterocycles. The van der Waals surface area contributed by atoms with Crippen LogP contribution in [0.4, 0.5) is 0 Å². The van der Waals surface area contributed by atoms with Gasteiger partial charge in [-0.2, -0.15) is 0 Å². The molecule has 2 aromatic rings. The summed E-state index contributed by atoms with van der Waals surface area (Å²) in [5, 5.41) is 3.49. The molecule has 2 saturated heterocycles. The molecular formula is C23H33N5O2. The smallest absolute Gasteiger partial charge is 0.194 e. The van der Waals surface area contributed by atoms with E-state index in [1.807, 2.05) is 25.5 Å². The lowest BCUT2D eigenvalue weighted by molar-refractivity contribution is -0.0367. The van der Waals surface area contributed by atoms with Gasteiger partial charge in [0.05, 0.1) is 25.4 Å². The number of guanidine groups is 1. The fraction of sp³-hybridized carbons (Fsp3) is 0.565. The number of nitrogens with zero attached hydrogens (tertiary/aromatic N) is 4. The predicted molar refractivity (Wildman–Crippen MR) is 117 cm³/mol. The first-order chi connectivity index (χ1) is 14.8. The summed E-state index contributed by atoms with van der Waals surface area (Å²) in [4.78, 5) is 11.3. The molecule has 0 spiro atoms. The van der Waals surface area contributed by atoms with Crippen molar-refractivity contribution in [2.45, 2.75) is 51.0 Å². The number of hydrogen-bond donors (Lipinski definition) is 1. The average molecular weight is 412 g/mol. The summed E-state index contributed by atoms with van der Waals surface area (Å²) < 4.78 is 13.9. The summed E-state index contributed by atoms with van der Waals surface area (Å²) in [5.41, 5.74) is 1.27. The Morgan fingerprint density at radius 3 is 2.80 bits per heavy atom. The van der Waals surface area contributed by atoms with Crippen LogP contribution in [0.5, 0.6) is 0 Å². The number of benzene rings is 1. The van der Waals surface area contributed by atoms with E-state index in [4.69, 9.17) is 9.47 Å². The molecule has 7 nitrogen and oxygen atoms in total.